The maximum Gasteiger partial charge on any atom is 0.336 e. The molecule has 0 radical (unpaired) electrons. The molecule has 5 atom stereocenters. The van der Waals surface area contributed by atoms with Crippen LogP contribution in [-0.4, -0.2) is 23.3 Å². The highest BCUT2D eigenvalue weighted by molar-refractivity contribution is 5.76. The first-order valence-corrected chi connectivity index (χ1v) is 11.4. The Labute approximate surface area is 187 Å². The maximum absolute atomic E-state index is 13.1. The molecule has 0 bridgehead atoms. The summed E-state index contributed by atoms with van der Waals surface area (Å²) in [6.07, 6.45) is 1.46. The van der Waals surface area contributed by atoms with Crippen LogP contribution < -0.4 is 0 Å². The summed E-state index contributed by atoms with van der Waals surface area (Å²) in [5, 5.41) is 11.0. The predicted octanol–water partition coefficient (Wildman–Crippen LogP) is 6.03. The molecular weight excluding hydrogens is 384 g/mol. The molecule has 166 valence electrons. The number of aliphatic hydroxyl groups excluding tert-OH is 1. The fourth-order valence-corrected chi connectivity index (χ4v) is 5.12. The summed E-state index contributed by atoms with van der Waals surface area (Å²) >= 11 is 0. The van der Waals surface area contributed by atoms with Gasteiger partial charge in [0, 0.05) is 11.8 Å². The zero-order valence-electron chi connectivity index (χ0n) is 19.3. The summed E-state index contributed by atoms with van der Waals surface area (Å²) in [7, 11) is 0. The standard InChI is InChI=1S/C28H36O3/c1-19(2)25(21-12-8-6-9-13-21)26(29)27(30)31-24-18-20(3)16-17-23(24)28(4,5)22-14-10-7-11-15-22/h6-15,20,23-26,29H,1,16-18H2,2-5H3/t20-,23-,24-,25-,26+/m1/s1. The van der Waals surface area contributed by atoms with Crippen LogP contribution >= 0.6 is 0 Å². The number of carbonyl (C=O) groups excluding carboxylic acids is 1. The van der Waals surface area contributed by atoms with Gasteiger partial charge in [-0.2, -0.15) is 0 Å². The number of aliphatic hydroxyl groups is 1. The first-order valence-electron chi connectivity index (χ1n) is 11.4. The van der Waals surface area contributed by atoms with Crippen molar-refractivity contribution in [3.63, 3.8) is 0 Å². The Morgan fingerprint density at radius 1 is 1.06 bits per heavy atom. The van der Waals surface area contributed by atoms with E-state index in [1.165, 1.54) is 5.56 Å². The highest BCUT2D eigenvalue weighted by Gasteiger charge is 2.43. The fourth-order valence-electron chi connectivity index (χ4n) is 5.12. The molecule has 0 spiro atoms. The van der Waals surface area contributed by atoms with Crippen LogP contribution in [0.4, 0.5) is 0 Å². The van der Waals surface area contributed by atoms with E-state index in [1.807, 2.05) is 43.3 Å². The third-order valence-corrected chi connectivity index (χ3v) is 7.01. The van der Waals surface area contributed by atoms with Crippen LogP contribution in [0.15, 0.2) is 72.8 Å². The van der Waals surface area contributed by atoms with Crippen LogP contribution in [0.5, 0.6) is 0 Å². The van der Waals surface area contributed by atoms with Gasteiger partial charge in [-0.05, 0) is 42.2 Å². The SMILES string of the molecule is C=C(C)[C@H](c1ccccc1)[C@H](O)C(=O)O[C@@H]1C[C@H](C)CC[C@H]1C(C)(C)c1ccccc1. The molecule has 0 amide bonds. The number of hydrogen-bond acceptors (Lipinski definition) is 3. The second-order valence-corrected chi connectivity index (χ2v) is 9.77. The summed E-state index contributed by atoms with van der Waals surface area (Å²) in [5.74, 6) is -0.341. The minimum atomic E-state index is -1.27. The maximum atomic E-state index is 13.1. The smallest absolute Gasteiger partial charge is 0.336 e. The van der Waals surface area contributed by atoms with Crippen molar-refractivity contribution in [1.82, 2.24) is 0 Å². The predicted molar refractivity (Wildman–Crippen MR) is 126 cm³/mol. The van der Waals surface area contributed by atoms with E-state index < -0.39 is 18.0 Å². The van der Waals surface area contributed by atoms with Crippen molar-refractivity contribution in [2.45, 2.75) is 70.5 Å². The summed E-state index contributed by atoms with van der Waals surface area (Å²) < 4.78 is 6.07. The monoisotopic (exact) mass is 420 g/mol. The van der Waals surface area contributed by atoms with E-state index in [0.717, 1.165) is 30.4 Å². The van der Waals surface area contributed by atoms with Gasteiger partial charge in [0.15, 0.2) is 6.10 Å². The zero-order chi connectivity index (χ0) is 22.6. The van der Waals surface area contributed by atoms with Crippen LogP contribution in [0.25, 0.3) is 0 Å². The molecular formula is C28H36O3. The third-order valence-electron chi connectivity index (χ3n) is 7.01. The van der Waals surface area contributed by atoms with Gasteiger partial charge in [0.2, 0.25) is 0 Å². The van der Waals surface area contributed by atoms with Gasteiger partial charge in [0.1, 0.15) is 6.10 Å². The van der Waals surface area contributed by atoms with Crippen molar-refractivity contribution in [2.24, 2.45) is 11.8 Å². The van der Waals surface area contributed by atoms with Crippen molar-refractivity contribution in [3.05, 3.63) is 83.9 Å². The lowest BCUT2D eigenvalue weighted by Crippen LogP contribution is -2.45. The van der Waals surface area contributed by atoms with Gasteiger partial charge in [-0.15, -0.1) is 0 Å². The van der Waals surface area contributed by atoms with Gasteiger partial charge in [0.05, 0.1) is 0 Å². The van der Waals surface area contributed by atoms with E-state index in [2.05, 4.69) is 51.6 Å². The molecule has 2 aromatic rings. The highest BCUT2D eigenvalue weighted by Crippen LogP contribution is 2.44. The minimum absolute atomic E-state index is 0.134. The molecule has 3 rings (SSSR count). The molecule has 1 aliphatic carbocycles. The summed E-state index contributed by atoms with van der Waals surface area (Å²) in [6.45, 7) is 12.6. The van der Waals surface area contributed by atoms with Crippen molar-refractivity contribution >= 4 is 5.97 Å². The number of ether oxygens (including phenoxy) is 1. The Morgan fingerprint density at radius 2 is 1.65 bits per heavy atom. The lowest BCUT2D eigenvalue weighted by atomic mass is 9.64. The van der Waals surface area contributed by atoms with E-state index in [1.54, 1.807) is 0 Å². The van der Waals surface area contributed by atoms with E-state index in [9.17, 15) is 9.90 Å². The van der Waals surface area contributed by atoms with Gasteiger partial charge >= 0.3 is 5.97 Å². The first-order chi connectivity index (χ1) is 14.7. The molecule has 0 aliphatic heterocycles. The number of hydrogen-bond donors (Lipinski definition) is 1. The fraction of sp³-hybridized carbons (Fsp3) is 0.464. The number of esters is 1. The summed E-state index contributed by atoms with van der Waals surface area (Å²) in [6, 6.07) is 20.0. The summed E-state index contributed by atoms with van der Waals surface area (Å²) in [4.78, 5) is 13.1. The van der Waals surface area contributed by atoms with Crippen molar-refractivity contribution in [2.75, 3.05) is 0 Å². The van der Waals surface area contributed by atoms with Gasteiger partial charge in [-0.3, -0.25) is 0 Å². The molecule has 1 aliphatic rings. The van der Waals surface area contributed by atoms with Crippen molar-refractivity contribution < 1.29 is 14.6 Å². The molecule has 0 heterocycles. The Kier molecular flexibility index (Phi) is 7.38. The first kappa shape index (κ1) is 23.3. The topological polar surface area (TPSA) is 46.5 Å². The molecule has 1 fully saturated rings. The number of rotatable bonds is 7. The molecule has 2 aromatic carbocycles. The molecule has 3 nitrogen and oxygen atoms in total. The molecule has 3 heteroatoms. The Morgan fingerprint density at radius 3 is 2.23 bits per heavy atom. The largest absolute Gasteiger partial charge is 0.460 e. The molecule has 0 aromatic heterocycles. The molecule has 31 heavy (non-hydrogen) atoms. The highest BCUT2D eigenvalue weighted by atomic mass is 16.6. The normalized spacial score (nSPS) is 23.6. The quantitative estimate of drug-likeness (QED) is 0.439. The van der Waals surface area contributed by atoms with Crippen LogP contribution in [-0.2, 0) is 14.9 Å². The lowest BCUT2D eigenvalue weighted by molar-refractivity contribution is -0.167. The minimum Gasteiger partial charge on any atom is -0.460 e. The third kappa shape index (κ3) is 5.27. The average Bonchev–Trinajstić information content (AvgIpc) is 2.75. The van der Waals surface area contributed by atoms with Crippen LogP contribution in [0.2, 0.25) is 0 Å². The van der Waals surface area contributed by atoms with Crippen LogP contribution in [0.3, 0.4) is 0 Å². The second-order valence-electron chi connectivity index (χ2n) is 9.77. The molecule has 1 saturated carbocycles. The number of benzene rings is 2. The van der Waals surface area contributed by atoms with Gasteiger partial charge in [-0.1, -0.05) is 100 Å². The number of carbonyl (C=O) groups is 1. The summed E-state index contributed by atoms with van der Waals surface area (Å²) in [5.41, 5.74) is 2.73. The Balaban J connectivity index is 1.82. The van der Waals surface area contributed by atoms with Crippen LogP contribution in [0, 0.1) is 11.8 Å². The van der Waals surface area contributed by atoms with Crippen LogP contribution in [0.1, 0.15) is 64.0 Å². The van der Waals surface area contributed by atoms with E-state index in [-0.39, 0.29) is 17.4 Å². The molecule has 0 saturated heterocycles. The van der Waals surface area contributed by atoms with Gasteiger partial charge in [-0.25, -0.2) is 4.79 Å². The van der Waals surface area contributed by atoms with Gasteiger partial charge in [0.25, 0.3) is 0 Å². The Bertz CT molecular complexity index is 872. The van der Waals surface area contributed by atoms with Gasteiger partial charge < -0.3 is 9.84 Å². The molecule has 0 unspecified atom stereocenters. The van der Waals surface area contributed by atoms with E-state index in [0.29, 0.717) is 5.92 Å². The van der Waals surface area contributed by atoms with E-state index in [4.69, 9.17) is 4.74 Å². The zero-order valence-corrected chi connectivity index (χ0v) is 19.3. The average molecular weight is 421 g/mol. The lowest BCUT2D eigenvalue weighted by Gasteiger charge is -2.44. The second kappa shape index (κ2) is 9.82. The van der Waals surface area contributed by atoms with Crippen molar-refractivity contribution in [3.8, 4) is 0 Å². The Hall–Kier alpha value is -2.39. The van der Waals surface area contributed by atoms with E-state index >= 15 is 0 Å². The van der Waals surface area contributed by atoms with Crippen molar-refractivity contribution in [1.29, 1.82) is 0 Å². The molecule has 1 N–H and O–H groups in total.